The average Bonchev–Trinajstić information content (AvgIpc) is 2.89. The molecule has 1 aliphatic rings. The summed E-state index contributed by atoms with van der Waals surface area (Å²) in [6, 6.07) is 6.06. The van der Waals surface area contributed by atoms with Crippen LogP contribution >= 0.6 is 0 Å². The van der Waals surface area contributed by atoms with Gasteiger partial charge in [-0.3, -0.25) is 9.59 Å². The smallest absolute Gasteiger partial charge is 0.257 e. The lowest BCUT2D eigenvalue weighted by Crippen LogP contribution is -2.47. The summed E-state index contributed by atoms with van der Waals surface area (Å²) in [5, 5.41) is 0. The van der Waals surface area contributed by atoms with E-state index in [9.17, 15) is 14.0 Å². The summed E-state index contributed by atoms with van der Waals surface area (Å²) >= 11 is 0. The molecule has 0 N–H and O–H groups in total. The number of aromatic nitrogens is 2. The van der Waals surface area contributed by atoms with Gasteiger partial charge < -0.3 is 9.80 Å². The highest BCUT2D eigenvalue weighted by atomic mass is 19.1. The van der Waals surface area contributed by atoms with E-state index < -0.39 is 0 Å². The van der Waals surface area contributed by atoms with Crippen molar-refractivity contribution in [2.24, 2.45) is 5.92 Å². The fourth-order valence-electron chi connectivity index (χ4n) is 3.55. The molecule has 0 spiro atoms. The third-order valence-electron chi connectivity index (χ3n) is 5.32. The van der Waals surface area contributed by atoms with Crippen LogP contribution < -0.4 is 0 Å². The highest BCUT2D eigenvalue weighted by Crippen LogP contribution is 2.22. The normalized spacial score (nSPS) is 17.6. The van der Waals surface area contributed by atoms with Crippen LogP contribution in [0.2, 0.25) is 0 Å². The van der Waals surface area contributed by atoms with E-state index in [4.69, 9.17) is 0 Å². The first-order valence-corrected chi connectivity index (χ1v) is 10.0. The molecule has 7 heteroatoms. The van der Waals surface area contributed by atoms with Crippen molar-refractivity contribution in [3.05, 3.63) is 59.4 Å². The van der Waals surface area contributed by atoms with Crippen molar-refractivity contribution in [2.75, 3.05) is 13.1 Å². The summed E-state index contributed by atoms with van der Waals surface area (Å²) < 4.78 is 13.2. The number of hydrogen-bond donors (Lipinski definition) is 0. The zero-order valence-corrected chi connectivity index (χ0v) is 17.1. The van der Waals surface area contributed by atoms with Crippen molar-refractivity contribution >= 4 is 11.8 Å². The number of carbonyl (C=O) groups excluding carboxylic acids is 2. The van der Waals surface area contributed by atoms with Crippen LogP contribution in [0.3, 0.4) is 0 Å². The molecule has 0 saturated carbocycles. The molecule has 2 amide bonds. The molecule has 0 aliphatic carbocycles. The van der Waals surface area contributed by atoms with E-state index in [-0.39, 0.29) is 36.0 Å². The first-order valence-electron chi connectivity index (χ1n) is 10.0. The minimum absolute atomic E-state index is 0.000839. The minimum Gasteiger partial charge on any atom is -0.336 e. The number of halogens is 1. The van der Waals surface area contributed by atoms with Crippen LogP contribution in [0.5, 0.6) is 0 Å². The predicted molar refractivity (Wildman–Crippen MR) is 108 cm³/mol. The number of amides is 2. The molecular formula is C22H27FN4O2. The van der Waals surface area contributed by atoms with Gasteiger partial charge in [0.25, 0.3) is 5.91 Å². The van der Waals surface area contributed by atoms with Gasteiger partial charge in [0.05, 0.1) is 11.6 Å². The van der Waals surface area contributed by atoms with Crippen LogP contribution in [-0.4, -0.2) is 50.7 Å². The molecule has 6 nitrogen and oxygen atoms in total. The van der Waals surface area contributed by atoms with Gasteiger partial charge in [-0.05, 0) is 23.6 Å². The number of benzene rings is 1. The monoisotopic (exact) mass is 398 g/mol. The molecule has 1 aliphatic heterocycles. The van der Waals surface area contributed by atoms with Gasteiger partial charge >= 0.3 is 0 Å². The molecular weight excluding hydrogens is 371 g/mol. The zero-order valence-electron chi connectivity index (χ0n) is 17.1. The third kappa shape index (κ3) is 4.96. The molecule has 1 atom stereocenters. The Morgan fingerprint density at radius 1 is 1.21 bits per heavy atom. The quantitative estimate of drug-likeness (QED) is 0.776. The molecule has 2 heterocycles. The SMILES string of the molecule is CCc1ncc(C(=O)N2CCC(=O)N(Cc3ccc(F)cc3)C(C(C)C)C2)cn1. The number of rotatable bonds is 5. The highest BCUT2D eigenvalue weighted by molar-refractivity contribution is 5.94. The Morgan fingerprint density at radius 2 is 1.86 bits per heavy atom. The number of nitrogens with zero attached hydrogens (tertiary/aromatic N) is 4. The molecule has 1 saturated heterocycles. The number of hydrogen-bond acceptors (Lipinski definition) is 4. The Bertz CT molecular complexity index is 852. The summed E-state index contributed by atoms with van der Waals surface area (Å²) in [5.41, 5.74) is 1.30. The van der Waals surface area contributed by atoms with E-state index in [1.807, 2.05) is 25.7 Å². The molecule has 1 fully saturated rings. The van der Waals surface area contributed by atoms with Crippen LogP contribution in [-0.2, 0) is 17.8 Å². The molecule has 1 unspecified atom stereocenters. The summed E-state index contributed by atoms with van der Waals surface area (Å²) in [7, 11) is 0. The lowest BCUT2D eigenvalue weighted by atomic mass is 10.0. The van der Waals surface area contributed by atoms with Crippen LogP contribution in [0.25, 0.3) is 0 Å². The van der Waals surface area contributed by atoms with Crippen molar-refractivity contribution in [3.8, 4) is 0 Å². The van der Waals surface area contributed by atoms with Crippen LogP contribution in [0, 0.1) is 11.7 Å². The van der Waals surface area contributed by atoms with Gasteiger partial charge in [0.2, 0.25) is 5.91 Å². The zero-order chi connectivity index (χ0) is 21.0. The van der Waals surface area contributed by atoms with E-state index in [2.05, 4.69) is 9.97 Å². The van der Waals surface area contributed by atoms with Gasteiger partial charge in [0.1, 0.15) is 11.6 Å². The maximum Gasteiger partial charge on any atom is 0.257 e. The Kier molecular flexibility index (Phi) is 6.56. The molecule has 3 rings (SSSR count). The first-order chi connectivity index (χ1) is 13.9. The molecule has 0 radical (unpaired) electrons. The molecule has 1 aromatic heterocycles. The minimum atomic E-state index is -0.301. The first kappa shape index (κ1) is 20.9. The second-order valence-corrected chi connectivity index (χ2v) is 7.70. The van der Waals surface area contributed by atoms with Crippen LogP contribution in [0.4, 0.5) is 4.39 Å². The Morgan fingerprint density at radius 3 is 2.45 bits per heavy atom. The maximum absolute atomic E-state index is 13.2. The fraction of sp³-hybridized carbons (Fsp3) is 0.455. The van der Waals surface area contributed by atoms with Gasteiger partial charge in [0.15, 0.2) is 0 Å². The highest BCUT2D eigenvalue weighted by Gasteiger charge is 2.33. The standard InChI is InChI=1S/C22H27FN4O2/c1-4-20-24-11-17(12-25-20)22(29)26-10-9-21(28)27(19(14-26)15(2)3)13-16-5-7-18(23)8-6-16/h5-8,11-12,15,19H,4,9-10,13-14H2,1-3H3. The van der Waals surface area contributed by atoms with E-state index in [1.165, 1.54) is 12.1 Å². The van der Waals surface area contributed by atoms with Crippen LogP contribution in [0.15, 0.2) is 36.7 Å². The largest absolute Gasteiger partial charge is 0.336 e. The van der Waals surface area contributed by atoms with Gasteiger partial charge in [-0.25, -0.2) is 14.4 Å². The third-order valence-corrected chi connectivity index (χ3v) is 5.32. The molecule has 154 valence electrons. The van der Waals surface area contributed by atoms with E-state index in [0.717, 1.165) is 5.56 Å². The number of carbonyl (C=O) groups is 2. The van der Waals surface area contributed by atoms with Crippen LogP contribution in [0.1, 0.15) is 48.9 Å². The average molecular weight is 398 g/mol. The Balaban J connectivity index is 1.80. The van der Waals surface area contributed by atoms with Crippen molar-refractivity contribution in [1.29, 1.82) is 0 Å². The lowest BCUT2D eigenvalue weighted by Gasteiger charge is -2.34. The molecule has 0 bridgehead atoms. The topological polar surface area (TPSA) is 66.4 Å². The van der Waals surface area contributed by atoms with Crippen molar-refractivity contribution < 1.29 is 14.0 Å². The predicted octanol–water partition coefficient (Wildman–Crippen LogP) is 3.08. The second-order valence-electron chi connectivity index (χ2n) is 7.70. The molecule has 2 aromatic rings. The van der Waals surface area contributed by atoms with Gasteiger partial charge in [-0.2, -0.15) is 0 Å². The maximum atomic E-state index is 13.2. The summed E-state index contributed by atoms with van der Waals surface area (Å²) in [6.45, 7) is 7.25. The summed E-state index contributed by atoms with van der Waals surface area (Å²) in [4.78, 5) is 37.9. The van der Waals surface area contributed by atoms with Gasteiger partial charge in [-0.15, -0.1) is 0 Å². The fourth-order valence-corrected chi connectivity index (χ4v) is 3.55. The van der Waals surface area contributed by atoms with Crippen molar-refractivity contribution in [2.45, 2.75) is 46.2 Å². The lowest BCUT2D eigenvalue weighted by molar-refractivity contribution is -0.134. The molecule has 1 aromatic carbocycles. The Labute approximate surface area is 170 Å². The summed E-state index contributed by atoms with van der Waals surface area (Å²) in [5.74, 6) is 0.393. The summed E-state index contributed by atoms with van der Waals surface area (Å²) in [6.07, 6.45) is 4.08. The second kappa shape index (κ2) is 9.11. The number of aryl methyl sites for hydroxylation is 1. The Hall–Kier alpha value is -2.83. The van der Waals surface area contributed by atoms with E-state index >= 15 is 0 Å². The van der Waals surface area contributed by atoms with Gasteiger partial charge in [0, 0.05) is 44.9 Å². The van der Waals surface area contributed by atoms with E-state index in [0.29, 0.717) is 37.4 Å². The van der Waals surface area contributed by atoms with E-state index in [1.54, 1.807) is 29.4 Å². The van der Waals surface area contributed by atoms with Gasteiger partial charge in [-0.1, -0.05) is 32.9 Å². The molecule has 29 heavy (non-hydrogen) atoms. The van der Waals surface area contributed by atoms with Crippen molar-refractivity contribution in [3.63, 3.8) is 0 Å². The van der Waals surface area contributed by atoms with Crippen molar-refractivity contribution in [1.82, 2.24) is 19.8 Å².